The first-order valence-electron chi connectivity index (χ1n) is 25.3. The van der Waals surface area contributed by atoms with Crippen molar-refractivity contribution in [3.63, 3.8) is 0 Å². The molecule has 3 heterocycles. The first kappa shape index (κ1) is 56.4. The summed E-state index contributed by atoms with van der Waals surface area (Å²) in [6, 6.07) is 27.2. The first-order chi connectivity index (χ1) is 35.2. The molecule has 5 aromatic rings. The molecule has 5 atom stereocenters. The number of hydrogen-bond acceptors (Lipinski definition) is 10. The summed E-state index contributed by atoms with van der Waals surface area (Å²) in [6.07, 6.45) is 3.73. The lowest BCUT2D eigenvalue weighted by Crippen LogP contribution is -2.53. The van der Waals surface area contributed by atoms with Gasteiger partial charge in [-0.1, -0.05) is 65.7 Å². The lowest BCUT2D eigenvalue weighted by atomic mass is 9.83. The summed E-state index contributed by atoms with van der Waals surface area (Å²) in [5.74, 6) is -1.07. The van der Waals surface area contributed by atoms with Gasteiger partial charge in [0.25, 0.3) is 0 Å². The maximum atomic E-state index is 15.8. The molecule has 8 rings (SSSR count). The van der Waals surface area contributed by atoms with Gasteiger partial charge in [-0.05, 0) is 111 Å². The molecule has 17 heteroatoms. The van der Waals surface area contributed by atoms with Gasteiger partial charge in [0.05, 0.1) is 68.7 Å². The molecule has 1 aliphatic carbocycles. The van der Waals surface area contributed by atoms with E-state index in [0.717, 1.165) is 40.2 Å². The van der Waals surface area contributed by atoms with E-state index in [1.165, 1.54) is 7.11 Å². The number of methoxy groups -OCH3 is 1. The predicted molar refractivity (Wildman–Crippen MR) is 291 cm³/mol. The predicted octanol–water partition coefficient (Wildman–Crippen LogP) is 8.59. The number of morpholine rings is 1. The molecule has 2 aliphatic heterocycles. The van der Waals surface area contributed by atoms with Gasteiger partial charge in [0.1, 0.15) is 17.3 Å². The van der Waals surface area contributed by atoms with Crippen molar-refractivity contribution < 1.29 is 33.4 Å². The minimum atomic E-state index is -0.982. The highest BCUT2D eigenvalue weighted by molar-refractivity contribution is 6.31. The summed E-state index contributed by atoms with van der Waals surface area (Å²) in [5.41, 5.74) is 5.69. The van der Waals surface area contributed by atoms with Crippen LogP contribution in [0.4, 0.5) is 0 Å². The van der Waals surface area contributed by atoms with Crippen molar-refractivity contribution in [2.24, 2.45) is 18.9 Å². The van der Waals surface area contributed by atoms with Crippen molar-refractivity contribution in [2.75, 3.05) is 81.3 Å². The number of carbonyl (C=O) groups excluding carboxylic acids is 4. The van der Waals surface area contributed by atoms with Gasteiger partial charge in [-0.15, -0.1) is 12.4 Å². The smallest absolute Gasteiger partial charge is 0.228 e. The molecule has 0 spiro atoms. The number of aromatic nitrogens is 2. The van der Waals surface area contributed by atoms with E-state index in [2.05, 4.69) is 31.5 Å². The molecular formula is C57H70Cl3N7O7. The maximum Gasteiger partial charge on any atom is 0.228 e. The van der Waals surface area contributed by atoms with Crippen LogP contribution in [0.5, 0.6) is 11.5 Å². The van der Waals surface area contributed by atoms with Crippen LogP contribution in [-0.4, -0.2) is 151 Å². The molecule has 14 nitrogen and oxygen atoms in total. The molecule has 2 saturated heterocycles. The van der Waals surface area contributed by atoms with Crippen molar-refractivity contribution in [3.8, 4) is 22.8 Å². The third-order valence-electron chi connectivity index (χ3n) is 14.9. The van der Waals surface area contributed by atoms with E-state index in [4.69, 9.17) is 37.4 Å². The number of rotatable bonds is 15. The molecule has 74 heavy (non-hydrogen) atoms. The summed E-state index contributed by atoms with van der Waals surface area (Å²) in [4.78, 5) is 75.4. The third-order valence-corrected chi connectivity index (χ3v) is 15.3. The van der Waals surface area contributed by atoms with Gasteiger partial charge in [0.15, 0.2) is 5.78 Å². The van der Waals surface area contributed by atoms with E-state index in [1.807, 2.05) is 94.1 Å². The Morgan fingerprint density at radius 3 is 2.27 bits per heavy atom. The van der Waals surface area contributed by atoms with Crippen molar-refractivity contribution in [1.82, 2.24) is 34.1 Å². The molecule has 0 unspecified atom stereocenters. The summed E-state index contributed by atoms with van der Waals surface area (Å²) >= 11 is 13.0. The Labute approximate surface area is 452 Å². The van der Waals surface area contributed by atoms with E-state index in [9.17, 15) is 4.79 Å². The normalized spacial score (nSPS) is 21.5. The number of halogens is 3. The van der Waals surface area contributed by atoms with E-state index in [0.29, 0.717) is 79.3 Å². The lowest BCUT2D eigenvalue weighted by molar-refractivity contribution is -0.149. The molecule has 2 fully saturated rings. The van der Waals surface area contributed by atoms with Gasteiger partial charge in [-0.3, -0.25) is 24.1 Å². The van der Waals surface area contributed by atoms with Crippen LogP contribution in [0.2, 0.25) is 10.0 Å². The highest BCUT2D eigenvalue weighted by Gasteiger charge is 2.42. The van der Waals surface area contributed by atoms with E-state index in [1.54, 1.807) is 40.9 Å². The highest BCUT2D eigenvalue weighted by atomic mass is 35.5. The van der Waals surface area contributed by atoms with Crippen molar-refractivity contribution in [1.29, 1.82) is 0 Å². The number of carbonyl (C=O) groups is 4. The number of amides is 3. The van der Waals surface area contributed by atoms with Crippen molar-refractivity contribution in [2.45, 2.75) is 69.6 Å². The molecule has 1 aromatic heterocycles. The van der Waals surface area contributed by atoms with Crippen LogP contribution in [0.15, 0.2) is 97.2 Å². The maximum absolute atomic E-state index is 15.8. The molecular weight excluding hydrogens is 1000 g/mol. The number of hydrogen-bond donors (Lipinski definition) is 0. The molecule has 4 aromatic carbocycles. The lowest BCUT2D eigenvalue weighted by Gasteiger charge is -2.39. The van der Waals surface area contributed by atoms with Crippen LogP contribution in [0.25, 0.3) is 11.3 Å². The van der Waals surface area contributed by atoms with Crippen LogP contribution in [0.3, 0.4) is 0 Å². The van der Waals surface area contributed by atoms with Gasteiger partial charge in [-0.2, -0.15) is 0 Å². The number of benzene rings is 4. The molecule has 0 bridgehead atoms. The Morgan fingerprint density at radius 1 is 0.838 bits per heavy atom. The Morgan fingerprint density at radius 2 is 1.55 bits per heavy atom. The molecule has 3 amide bonds. The van der Waals surface area contributed by atoms with E-state index in [-0.39, 0.29) is 80.8 Å². The van der Waals surface area contributed by atoms with Crippen molar-refractivity contribution in [3.05, 3.63) is 135 Å². The molecule has 0 N–H and O–H groups in total. The zero-order chi connectivity index (χ0) is 51.8. The second-order valence-corrected chi connectivity index (χ2v) is 21.0. The standard InChI is InChI=1S/C57H69Cl2N7O7.ClH/c1-61(2)36-54-60-33-51(64(54)5)40-14-20-46(21-15-40)73-53-31-44(59)19-13-41(53)34-66-50(23-24-65-25-27-72-28-26-65)52(67)30-42(37-71-6)56(69)63(4)45(29-38-11-17-43(58)18-12-38)35-62(3)57(70)49(32-55(66)68)48-22-16-39-9-7-8-10-47(39)48;/h7-15,17-21,31,33,42,45,48-50H,16,22-30,32,34-37H2,1-6H3;1H/t42-,45+,48-,49-,50-;/m0./s1. The minimum Gasteiger partial charge on any atom is -0.457 e. The number of likely N-dealkylation sites (N-methyl/N-ethyl adjacent to an activating group) is 2. The SMILES string of the molecule is COC[C@@H]1CC(=O)[C@H](CCN2CCOCC2)N(Cc2ccc(Cl)cc2Oc2ccc(-c3cnc(CN(C)C)n3C)cc2)C(=O)C[C@@H]([C@H]2CCc3ccccc32)C(=O)N(C)C[C@@H](Cc2ccc(Cl)cc2)N(C)C1=O.Cl. The molecule has 0 saturated carbocycles. The minimum absolute atomic E-state index is 0. The average molecular weight is 1070 g/mol. The quantitative estimate of drug-likeness (QED) is 0.101. The Balaban J connectivity index is 0.00000800. The number of ketones is 1. The summed E-state index contributed by atoms with van der Waals surface area (Å²) in [5, 5.41) is 1.02. The van der Waals surface area contributed by atoms with Crippen molar-refractivity contribution >= 4 is 59.1 Å². The van der Waals surface area contributed by atoms with Gasteiger partial charge in [0.2, 0.25) is 17.7 Å². The second kappa shape index (κ2) is 26.0. The number of fused-ring (bicyclic) bond motifs is 1. The zero-order valence-corrected chi connectivity index (χ0v) is 45.7. The van der Waals surface area contributed by atoms with E-state index >= 15 is 14.4 Å². The average Bonchev–Trinajstić information content (AvgIpc) is 3.98. The third kappa shape index (κ3) is 13.7. The fourth-order valence-corrected chi connectivity index (χ4v) is 11.1. The van der Waals surface area contributed by atoms with Crippen LogP contribution in [-0.2, 0) is 61.6 Å². The van der Waals surface area contributed by atoms with Gasteiger partial charge in [-0.25, -0.2) is 4.98 Å². The van der Waals surface area contributed by atoms with Crippen LogP contribution < -0.4 is 4.74 Å². The van der Waals surface area contributed by atoms with Gasteiger partial charge >= 0.3 is 0 Å². The fourth-order valence-electron chi connectivity index (χ4n) is 10.8. The molecule has 3 aliphatic rings. The Bertz CT molecular complexity index is 2710. The number of nitrogens with zero attached hydrogens (tertiary/aromatic N) is 7. The summed E-state index contributed by atoms with van der Waals surface area (Å²) in [7, 11) is 11.0. The number of ether oxygens (including phenoxy) is 3. The first-order valence-corrected chi connectivity index (χ1v) is 26.1. The summed E-state index contributed by atoms with van der Waals surface area (Å²) in [6.45, 7) is 3.81. The molecule has 0 radical (unpaired) electrons. The number of imidazole rings is 1. The largest absolute Gasteiger partial charge is 0.457 e. The zero-order valence-electron chi connectivity index (χ0n) is 43.4. The van der Waals surface area contributed by atoms with Crippen LogP contribution in [0, 0.1) is 11.8 Å². The molecule has 396 valence electrons. The second-order valence-electron chi connectivity index (χ2n) is 20.1. The van der Waals surface area contributed by atoms with Gasteiger partial charge < -0.3 is 38.4 Å². The number of aryl methyl sites for hydroxylation is 1. The summed E-state index contributed by atoms with van der Waals surface area (Å²) < 4.78 is 20.1. The Hall–Kier alpha value is -5.32. The fraction of sp³-hybridized carbons (Fsp3) is 0.456. The van der Waals surface area contributed by atoms with Gasteiger partial charge in [0, 0.05) is 88.4 Å². The topological polar surface area (TPSA) is 130 Å². The Kier molecular flexibility index (Phi) is 19.8. The van der Waals surface area contributed by atoms with Crippen LogP contribution >= 0.6 is 35.6 Å². The highest BCUT2D eigenvalue weighted by Crippen LogP contribution is 2.42. The number of Topliss-reactive ketones (excluding diaryl/α,β-unsaturated/α-hetero) is 1. The van der Waals surface area contributed by atoms with E-state index < -0.39 is 23.9 Å². The monoisotopic (exact) mass is 1070 g/mol. The van der Waals surface area contributed by atoms with Crippen LogP contribution in [0.1, 0.15) is 59.7 Å².